The molecule has 28 heavy (non-hydrogen) atoms. The fraction of sp³-hybridized carbons (Fsp3) is 0.304. The number of ether oxygens (including phenoxy) is 1. The first-order valence-corrected chi connectivity index (χ1v) is 9.51. The zero-order valence-electron chi connectivity index (χ0n) is 16.4. The number of hydrogen-bond donors (Lipinski definition) is 0. The highest BCUT2D eigenvalue weighted by Crippen LogP contribution is 2.26. The Balaban J connectivity index is 1.86. The first-order chi connectivity index (χ1) is 13.6. The average molecular weight is 378 g/mol. The second-order valence-corrected chi connectivity index (χ2v) is 6.84. The predicted molar refractivity (Wildman–Crippen MR) is 110 cm³/mol. The number of methoxy groups -OCH3 is 1. The number of hydrogen-bond acceptors (Lipinski definition) is 3. The second-order valence-electron chi connectivity index (χ2n) is 6.84. The highest BCUT2D eigenvalue weighted by atomic mass is 16.5. The van der Waals surface area contributed by atoms with Gasteiger partial charge in [0.25, 0.3) is 0 Å². The Morgan fingerprint density at radius 3 is 2.68 bits per heavy atom. The predicted octanol–water partition coefficient (Wildman–Crippen LogP) is 3.45. The molecule has 0 N–H and O–H groups in total. The molecule has 3 rings (SSSR count). The maximum atomic E-state index is 12.9. The van der Waals surface area contributed by atoms with Crippen LogP contribution in [0, 0.1) is 0 Å². The number of carbonyl (C=O) groups is 2. The Bertz CT molecular complexity index is 848. The van der Waals surface area contributed by atoms with E-state index >= 15 is 0 Å². The molecule has 0 spiro atoms. The van der Waals surface area contributed by atoms with Crippen LogP contribution in [0.25, 0.3) is 0 Å². The van der Waals surface area contributed by atoms with Gasteiger partial charge in [0, 0.05) is 24.7 Å². The third-order valence-corrected chi connectivity index (χ3v) is 4.97. The molecule has 1 atom stereocenters. The minimum atomic E-state index is -0.0796. The summed E-state index contributed by atoms with van der Waals surface area (Å²) >= 11 is 0. The Morgan fingerprint density at radius 1 is 1.18 bits per heavy atom. The van der Waals surface area contributed by atoms with Crippen molar-refractivity contribution in [2.75, 3.05) is 25.1 Å². The number of carbonyl (C=O) groups excluding carboxylic acids is 2. The van der Waals surface area contributed by atoms with Crippen molar-refractivity contribution in [3.05, 3.63) is 72.3 Å². The lowest BCUT2D eigenvalue weighted by Crippen LogP contribution is -2.58. The highest BCUT2D eigenvalue weighted by Gasteiger charge is 2.35. The number of amides is 2. The minimum absolute atomic E-state index is 0.0160. The van der Waals surface area contributed by atoms with E-state index in [4.69, 9.17) is 4.74 Å². The van der Waals surface area contributed by atoms with Crippen molar-refractivity contribution < 1.29 is 14.3 Å². The number of nitrogens with zero attached hydrogens (tertiary/aromatic N) is 2. The molecule has 0 unspecified atom stereocenters. The van der Waals surface area contributed by atoms with E-state index in [1.807, 2.05) is 61.5 Å². The fourth-order valence-electron chi connectivity index (χ4n) is 3.49. The third kappa shape index (κ3) is 4.60. The van der Waals surface area contributed by atoms with Crippen molar-refractivity contribution >= 4 is 17.5 Å². The summed E-state index contributed by atoms with van der Waals surface area (Å²) in [4.78, 5) is 29.1. The number of benzene rings is 2. The van der Waals surface area contributed by atoms with Crippen molar-refractivity contribution in [1.29, 1.82) is 0 Å². The van der Waals surface area contributed by atoms with Gasteiger partial charge in [0.05, 0.1) is 13.2 Å². The standard InChI is InChI=1S/C23H26N2O3/c1-3-4-13-22(26)25-17-23(27)24(19-11-8-12-21(15-19)28-2)16-20(25)14-18-9-6-5-7-10-18/h3-12,15,20H,13-14,16-17H2,1-2H3/b4-3+/t20-/m0/s1. The molecule has 2 aromatic carbocycles. The third-order valence-electron chi connectivity index (χ3n) is 4.97. The summed E-state index contributed by atoms with van der Waals surface area (Å²) in [6.45, 7) is 2.44. The first kappa shape index (κ1) is 19.7. The number of allylic oxidation sites excluding steroid dienone is 1. The van der Waals surface area contributed by atoms with E-state index in [2.05, 4.69) is 12.1 Å². The van der Waals surface area contributed by atoms with Crippen LogP contribution in [-0.4, -0.2) is 43.0 Å². The molecule has 5 nitrogen and oxygen atoms in total. The van der Waals surface area contributed by atoms with Crippen LogP contribution in [0.4, 0.5) is 5.69 Å². The van der Waals surface area contributed by atoms with E-state index in [1.54, 1.807) is 16.9 Å². The van der Waals surface area contributed by atoms with Crippen LogP contribution in [-0.2, 0) is 16.0 Å². The Kier molecular flexibility index (Phi) is 6.48. The molecule has 0 aliphatic carbocycles. The molecular formula is C23H26N2O3. The van der Waals surface area contributed by atoms with Gasteiger partial charge >= 0.3 is 0 Å². The normalized spacial score (nSPS) is 17.2. The molecule has 0 radical (unpaired) electrons. The van der Waals surface area contributed by atoms with Gasteiger partial charge in [-0.15, -0.1) is 0 Å². The van der Waals surface area contributed by atoms with Gasteiger partial charge < -0.3 is 14.5 Å². The molecule has 146 valence electrons. The molecule has 1 aliphatic heterocycles. The SMILES string of the molecule is C/C=C/CC(=O)N1CC(=O)N(c2cccc(OC)c2)C[C@@H]1Cc1ccccc1. The topological polar surface area (TPSA) is 49.9 Å². The molecule has 2 aromatic rings. The lowest BCUT2D eigenvalue weighted by molar-refractivity contribution is -0.139. The van der Waals surface area contributed by atoms with Crippen LogP contribution < -0.4 is 9.64 Å². The average Bonchev–Trinajstić information content (AvgIpc) is 2.73. The van der Waals surface area contributed by atoms with Gasteiger partial charge in [-0.3, -0.25) is 9.59 Å². The van der Waals surface area contributed by atoms with E-state index in [1.165, 1.54) is 0 Å². The molecule has 1 saturated heterocycles. The molecule has 1 fully saturated rings. The monoisotopic (exact) mass is 378 g/mol. The summed E-state index contributed by atoms with van der Waals surface area (Å²) in [6, 6.07) is 17.5. The van der Waals surface area contributed by atoms with Crippen LogP contribution in [0.3, 0.4) is 0 Å². The summed E-state index contributed by atoms with van der Waals surface area (Å²) in [6.07, 6.45) is 4.71. The van der Waals surface area contributed by atoms with Crippen molar-refractivity contribution in [3.8, 4) is 5.75 Å². The van der Waals surface area contributed by atoms with Crippen molar-refractivity contribution in [1.82, 2.24) is 4.90 Å². The maximum absolute atomic E-state index is 12.9. The quantitative estimate of drug-likeness (QED) is 0.724. The lowest BCUT2D eigenvalue weighted by Gasteiger charge is -2.41. The molecule has 0 bridgehead atoms. The van der Waals surface area contributed by atoms with Crippen LogP contribution in [0.5, 0.6) is 5.75 Å². The van der Waals surface area contributed by atoms with E-state index in [9.17, 15) is 9.59 Å². The van der Waals surface area contributed by atoms with Crippen molar-refractivity contribution in [2.24, 2.45) is 0 Å². The highest BCUT2D eigenvalue weighted by molar-refractivity contribution is 5.98. The lowest BCUT2D eigenvalue weighted by atomic mass is 10.0. The summed E-state index contributed by atoms with van der Waals surface area (Å²) in [7, 11) is 1.61. The van der Waals surface area contributed by atoms with Crippen LogP contribution in [0.15, 0.2) is 66.7 Å². The van der Waals surface area contributed by atoms with Gasteiger partial charge in [-0.05, 0) is 31.0 Å². The van der Waals surface area contributed by atoms with E-state index in [0.717, 1.165) is 11.3 Å². The van der Waals surface area contributed by atoms with E-state index < -0.39 is 0 Å². The second kappa shape index (κ2) is 9.22. The van der Waals surface area contributed by atoms with Crippen molar-refractivity contribution in [3.63, 3.8) is 0 Å². The number of rotatable bonds is 6. The van der Waals surface area contributed by atoms with Crippen LogP contribution in [0.1, 0.15) is 18.9 Å². The number of piperazine rings is 1. The molecule has 0 saturated carbocycles. The summed E-state index contributed by atoms with van der Waals surface area (Å²) in [5, 5.41) is 0. The Morgan fingerprint density at radius 2 is 1.96 bits per heavy atom. The molecule has 2 amide bonds. The molecule has 1 heterocycles. The minimum Gasteiger partial charge on any atom is -0.497 e. The largest absolute Gasteiger partial charge is 0.497 e. The van der Waals surface area contributed by atoms with Crippen LogP contribution in [0.2, 0.25) is 0 Å². The van der Waals surface area contributed by atoms with Gasteiger partial charge in [0.1, 0.15) is 12.3 Å². The van der Waals surface area contributed by atoms with E-state index in [-0.39, 0.29) is 24.4 Å². The first-order valence-electron chi connectivity index (χ1n) is 9.51. The zero-order valence-corrected chi connectivity index (χ0v) is 16.4. The van der Waals surface area contributed by atoms with Gasteiger partial charge in [0.2, 0.25) is 11.8 Å². The molecule has 5 heteroatoms. The Hall–Kier alpha value is -3.08. The summed E-state index contributed by atoms with van der Waals surface area (Å²) in [5.74, 6) is 0.612. The fourth-order valence-corrected chi connectivity index (χ4v) is 3.49. The van der Waals surface area contributed by atoms with Gasteiger partial charge in [0.15, 0.2) is 0 Å². The van der Waals surface area contributed by atoms with Gasteiger partial charge in [-0.25, -0.2) is 0 Å². The van der Waals surface area contributed by atoms with Gasteiger partial charge in [-0.2, -0.15) is 0 Å². The number of anilines is 1. The molecule has 1 aliphatic rings. The van der Waals surface area contributed by atoms with Crippen molar-refractivity contribution in [2.45, 2.75) is 25.8 Å². The van der Waals surface area contributed by atoms with Gasteiger partial charge in [-0.1, -0.05) is 48.6 Å². The summed E-state index contributed by atoms with van der Waals surface area (Å²) in [5.41, 5.74) is 1.94. The Labute approximate surface area is 166 Å². The zero-order chi connectivity index (χ0) is 19.9. The molecular weight excluding hydrogens is 352 g/mol. The summed E-state index contributed by atoms with van der Waals surface area (Å²) < 4.78 is 5.30. The molecule has 0 aromatic heterocycles. The van der Waals surface area contributed by atoms with Crippen LogP contribution >= 0.6 is 0 Å². The smallest absolute Gasteiger partial charge is 0.246 e. The van der Waals surface area contributed by atoms with E-state index in [0.29, 0.717) is 25.1 Å². The maximum Gasteiger partial charge on any atom is 0.246 e.